The second kappa shape index (κ2) is 5.51. The first-order valence-corrected chi connectivity index (χ1v) is 7.45. The van der Waals surface area contributed by atoms with Gasteiger partial charge in [-0.1, -0.05) is 25.4 Å². The summed E-state index contributed by atoms with van der Waals surface area (Å²) < 4.78 is 5.29. The molecule has 102 valence electrons. The van der Waals surface area contributed by atoms with E-state index in [1.165, 1.54) is 4.88 Å². The molecule has 0 radical (unpaired) electrons. The highest BCUT2D eigenvalue weighted by Crippen LogP contribution is 2.37. The van der Waals surface area contributed by atoms with E-state index in [1.54, 1.807) is 18.4 Å². The zero-order chi connectivity index (χ0) is 14.2. The van der Waals surface area contributed by atoms with Gasteiger partial charge in [0.05, 0.1) is 22.8 Å². The minimum Gasteiger partial charge on any atom is -0.496 e. The average molecular weight is 296 g/mol. The lowest BCUT2D eigenvalue weighted by Crippen LogP contribution is -1.91. The van der Waals surface area contributed by atoms with E-state index >= 15 is 0 Å². The van der Waals surface area contributed by atoms with Gasteiger partial charge < -0.3 is 4.74 Å². The molecular weight excluding hydrogens is 278 g/mol. The Morgan fingerprint density at radius 1 is 1.26 bits per heavy atom. The standard InChI is InChI=1S/C15H18ClNOS/c1-8(2)15-17-14(10(4)19-15)11-6-9(3)13(18-5)7-12(11)16/h6-8H,1-5H3. The number of nitrogens with zero attached hydrogens (tertiary/aromatic N) is 1. The van der Waals surface area contributed by atoms with Crippen LogP contribution < -0.4 is 4.74 Å². The molecule has 0 aliphatic carbocycles. The van der Waals surface area contributed by atoms with Crippen molar-refractivity contribution in [2.75, 3.05) is 7.11 Å². The lowest BCUT2D eigenvalue weighted by Gasteiger charge is -2.09. The van der Waals surface area contributed by atoms with Crippen molar-refractivity contribution in [1.82, 2.24) is 4.98 Å². The Morgan fingerprint density at radius 3 is 2.47 bits per heavy atom. The summed E-state index contributed by atoms with van der Waals surface area (Å²) in [5.41, 5.74) is 3.05. The van der Waals surface area contributed by atoms with Crippen LogP contribution in [-0.4, -0.2) is 12.1 Å². The summed E-state index contributed by atoms with van der Waals surface area (Å²) in [5, 5.41) is 1.84. The van der Waals surface area contributed by atoms with Gasteiger partial charge in [0, 0.05) is 16.4 Å². The van der Waals surface area contributed by atoms with E-state index in [-0.39, 0.29) is 0 Å². The van der Waals surface area contributed by atoms with E-state index in [0.29, 0.717) is 10.9 Å². The van der Waals surface area contributed by atoms with E-state index in [0.717, 1.165) is 27.6 Å². The third-order valence-corrected chi connectivity index (χ3v) is 4.63. The molecule has 2 nitrogen and oxygen atoms in total. The van der Waals surface area contributed by atoms with Crippen molar-refractivity contribution in [3.63, 3.8) is 0 Å². The summed E-state index contributed by atoms with van der Waals surface area (Å²) >= 11 is 8.10. The molecule has 0 bridgehead atoms. The first kappa shape index (κ1) is 14.4. The number of halogens is 1. The number of thiazole rings is 1. The predicted octanol–water partition coefficient (Wildman–Crippen LogP) is 5.21. The van der Waals surface area contributed by atoms with Gasteiger partial charge in [0.15, 0.2) is 0 Å². The predicted molar refractivity (Wildman–Crippen MR) is 82.7 cm³/mol. The van der Waals surface area contributed by atoms with Crippen LogP contribution in [-0.2, 0) is 0 Å². The Labute approximate surface area is 123 Å². The molecule has 4 heteroatoms. The van der Waals surface area contributed by atoms with Crippen molar-refractivity contribution in [1.29, 1.82) is 0 Å². The van der Waals surface area contributed by atoms with Crippen LogP contribution in [0.2, 0.25) is 5.02 Å². The smallest absolute Gasteiger partial charge is 0.123 e. The Bertz CT molecular complexity index is 604. The molecule has 0 amide bonds. The number of benzene rings is 1. The fraction of sp³-hybridized carbons (Fsp3) is 0.400. The van der Waals surface area contributed by atoms with E-state index in [2.05, 4.69) is 20.8 Å². The molecule has 0 aliphatic heterocycles. The van der Waals surface area contributed by atoms with Crippen molar-refractivity contribution < 1.29 is 4.74 Å². The molecule has 0 atom stereocenters. The van der Waals surface area contributed by atoms with Crippen molar-refractivity contribution in [2.45, 2.75) is 33.6 Å². The maximum absolute atomic E-state index is 6.36. The fourth-order valence-electron chi connectivity index (χ4n) is 1.98. The molecule has 0 saturated carbocycles. The van der Waals surface area contributed by atoms with Crippen LogP contribution in [0, 0.1) is 13.8 Å². The van der Waals surface area contributed by atoms with Crippen LogP contribution >= 0.6 is 22.9 Å². The molecule has 0 N–H and O–H groups in total. The fourth-order valence-corrected chi connectivity index (χ4v) is 3.16. The van der Waals surface area contributed by atoms with Gasteiger partial charge in [0.2, 0.25) is 0 Å². The topological polar surface area (TPSA) is 22.1 Å². The lowest BCUT2D eigenvalue weighted by molar-refractivity contribution is 0.412. The summed E-state index contributed by atoms with van der Waals surface area (Å²) in [7, 11) is 1.66. The molecule has 0 spiro atoms. The maximum atomic E-state index is 6.36. The molecule has 19 heavy (non-hydrogen) atoms. The van der Waals surface area contributed by atoms with Gasteiger partial charge in [-0.3, -0.25) is 0 Å². The number of hydrogen-bond donors (Lipinski definition) is 0. The van der Waals surface area contributed by atoms with Crippen molar-refractivity contribution in [3.8, 4) is 17.0 Å². The van der Waals surface area contributed by atoms with Gasteiger partial charge in [0.25, 0.3) is 0 Å². The normalized spacial score (nSPS) is 11.1. The SMILES string of the molecule is COc1cc(Cl)c(-c2nc(C(C)C)sc2C)cc1C. The molecule has 0 aliphatic rings. The van der Waals surface area contributed by atoms with Crippen molar-refractivity contribution >= 4 is 22.9 Å². The molecule has 0 saturated heterocycles. The first-order valence-electron chi connectivity index (χ1n) is 6.25. The van der Waals surface area contributed by atoms with E-state index in [4.69, 9.17) is 21.3 Å². The van der Waals surface area contributed by atoms with Crippen LogP contribution in [0.1, 0.15) is 35.2 Å². The number of aryl methyl sites for hydroxylation is 2. The summed E-state index contributed by atoms with van der Waals surface area (Å²) in [6.07, 6.45) is 0. The number of ether oxygens (including phenoxy) is 1. The molecule has 1 heterocycles. The Kier molecular flexibility index (Phi) is 4.16. The monoisotopic (exact) mass is 295 g/mol. The summed E-state index contributed by atoms with van der Waals surface area (Å²) in [4.78, 5) is 5.93. The minimum atomic E-state index is 0.440. The molecule has 2 rings (SSSR count). The zero-order valence-electron chi connectivity index (χ0n) is 11.9. The molecular formula is C15H18ClNOS. The minimum absolute atomic E-state index is 0.440. The number of methoxy groups -OCH3 is 1. The second-order valence-electron chi connectivity index (χ2n) is 4.91. The maximum Gasteiger partial charge on any atom is 0.123 e. The highest BCUT2D eigenvalue weighted by Gasteiger charge is 2.16. The first-order chi connectivity index (χ1) is 8.93. The summed E-state index contributed by atoms with van der Waals surface area (Å²) in [6, 6.07) is 3.91. The van der Waals surface area contributed by atoms with Gasteiger partial charge in [-0.2, -0.15) is 0 Å². The Hall–Kier alpha value is -1.06. The van der Waals surface area contributed by atoms with E-state index < -0.39 is 0 Å². The van der Waals surface area contributed by atoms with Gasteiger partial charge >= 0.3 is 0 Å². The quantitative estimate of drug-likeness (QED) is 0.775. The van der Waals surface area contributed by atoms with Gasteiger partial charge in [-0.15, -0.1) is 11.3 Å². The summed E-state index contributed by atoms with van der Waals surface area (Å²) in [5.74, 6) is 1.25. The lowest BCUT2D eigenvalue weighted by atomic mass is 10.1. The van der Waals surface area contributed by atoms with Crippen molar-refractivity contribution in [2.24, 2.45) is 0 Å². The van der Waals surface area contributed by atoms with Crippen LogP contribution in [0.25, 0.3) is 11.3 Å². The molecule has 1 aromatic heterocycles. The van der Waals surface area contributed by atoms with Crippen LogP contribution in [0.5, 0.6) is 5.75 Å². The number of aromatic nitrogens is 1. The Morgan fingerprint density at radius 2 is 1.95 bits per heavy atom. The molecule has 0 fully saturated rings. The highest BCUT2D eigenvalue weighted by atomic mass is 35.5. The average Bonchev–Trinajstić information content (AvgIpc) is 2.74. The number of rotatable bonds is 3. The third kappa shape index (κ3) is 2.77. The second-order valence-corrected chi connectivity index (χ2v) is 6.56. The Balaban J connectivity index is 2.56. The largest absolute Gasteiger partial charge is 0.496 e. The molecule has 2 aromatic rings. The summed E-state index contributed by atoms with van der Waals surface area (Å²) in [6.45, 7) is 8.42. The molecule has 1 aromatic carbocycles. The van der Waals surface area contributed by atoms with Crippen LogP contribution in [0.4, 0.5) is 0 Å². The zero-order valence-corrected chi connectivity index (χ0v) is 13.4. The highest BCUT2D eigenvalue weighted by molar-refractivity contribution is 7.12. The van der Waals surface area contributed by atoms with Crippen LogP contribution in [0.15, 0.2) is 12.1 Å². The van der Waals surface area contributed by atoms with E-state index in [1.807, 2.05) is 19.1 Å². The van der Waals surface area contributed by atoms with Gasteiger partial charge in [0.1, 0.15) is 5.75 Å². The van der Waals surface area contributed by atoms with Gasteiger partial charge in [-0.05, 0) is 31.5 Å². The molecule has 0 unspecified atom stereocenters. The number of hydrogen-bond acceptors (Lipinski definition) is 3. The van der Waals surface area contributed by atoms with E-state index in [9.17, 15) is 0 Å². The third-order valence-electron chi connectivity index (χ3n) is 3.05. The van der Waals surface area contributed by atoms with Crippen molar-refractivity contribution in [3.05, 3.63) is 32.6 Å². The van der Waals surface area contributed by atoms with Gasteiger partial charge in [-0.25, -0.2) is 4.98 Å². The van der Waals surface area contributed by atoms with Crippen LogP contribution in [0.3, 0.4) is 0 Å².